The van der Waals surface area contributed by atoms with E-state index >= 15 is 0 Å². The molecule has 5 heterocycles. The van der Waals surface area contributed by atoms with Crippen molar-refractivity contribution >= 4 is 64.4 Å². The molecule has 5 aromatic heterocycles. The van der Waals surface area contributed by atoms with Gasteiger partial charge in [0.05, 0.1) is 24.7 Å². The molecule has 0 saturated carbocycles. The molecular weight excluding hydrogens is 857 g/mol. The number of imidazole rings is 3. The van der Waals surface area contributed by atoms with Crippen LogP contribution in [0.1, 0.15) is 87.6 Å². The first kappa shape index (κ1) is 49.4. The van der Waals surface area contributed by atoms with Gasteiger partial charge < -0.3 is 64.8 Å². The van der Waals surface area contributed by atoms with E-state index in [1.165, 1.54) is 32.2 Å². The first-order valence-electron chi connectivity index (χ1n) is 21.2. The highest BCUT2D eigenvalue weighted by molar-refractivity contribution is 6.04. The van der Waals surface area contributed by atoms with Gasteiger partial charge in [0.1, 0.15) is 5.69 Å². The van der Waals surface area contributed by atoms with E-state index in [9.17, 15) is 33.6 Å². The number of carbonyl (C=O) groups is 7. The number of ether oxygens (including phenoxy) is 1. The number of amides is 7. The van der Waals surface area contributed by atoms with Crippen molar-refractivity contribution in [3.63, 3.8) is 0 Å². The zero-order valence-electron chi connectivity index (χ0n) is 38.1. The van der Waals surface area contributed by atoms with E-state index in [1.807, 2.05) is 11.6 Å². The lowest BCUT2D eigenvalue weighted by atomic mass is 10.1. The Bertz CT molecular complexity index is 2530. The molecule has 0 spiro atoms. The van der Waals surface area contributed by atoms with Crippen LogP contribution in [0.5, 0.6) is 0 Å². The van der Waals surface area contributed by atoms with Gasteiger partial charge in [0.15, 0.2) is 17.5 Å². The summed E-state index contributed by atoms with van der Waals surface area (Å²) in [6.07, 6.45) is 10.5. The van der Waals surface area contributed by atoms with Gasteiger partial charge in [-0.2, -0.15) is 0 Å². The van der Waals surface area contributed by atoms with Gasteiger partial charge in [0.2, 0.25) is 29.4 Å². The summed E-state index contributed by atoms with van der Waals surface area (Å²) in [6.45, 7) is 5.54. The molecule has 0 fully saturated rings. The van der Waals surface area contributed by atoms with Gasteiger partial charge in [-0.3, -0.25) is 38.9 Å². The number of nitrogens with zero attached hydrogens (tertiary/aromatic N) is 8. The first-order valence-corrected chi connectivity index (χ1v) is 21.2. The Hall–Kier alpha value is -7.60. The summed E-state index contributed by atoms with van der Waals surface area (Å²) >= 11 is 0. The maximum Gasteiger partial charge on any atom is 0.291 e. The van der Waals surface area contributed by atoms with E-state index in [0.717, 1.165) is 12.1 Å². The van der Waals surface area contributed by atoms with Crippen molar-refractivity contribution in [1.82, 2.24) is 59.1 Å². The van der Waals surface area contributed by atoms with Gasteiger partial charge in [0, 0.05) is 124 Å². The predicted molar refractivity (Wildman–Crippen MR) is 242 cm³/mol. The number of carbonyl (C=O) groups excluding carboxylic acids is 7. The lowest BCUT2D eigenvalue weighted by Crippen LogP contribution is -2.32. The molecule has 0 bridgehead atoms. The summed E-state index contributed by atoms with van der Waals surface area (Å²) < 4.78 is 13.6. The van der Waals surface area contributed by atoms with Crippen molar-refractivity contribution in [3.8, 4) is 0 Å². The molecule has 0 atom stereocenters. The molecule has 0 unspecified atom stereocenters. The number of anilines is 4. The highest BCUT2D eigenvalue weighted by atomic mass is 16.5. The monoisotopic (exact) mass is 914 g/mol. The van der Waals surface area contributed by atoms with Crippen LogP contribution in [0.4, 0.5) is 23.0 Å². The number of aromatic nitrogens is 8. The van der Waals surface area contributed by atoms with Gasteiger partial charge in [-0.05, 0) is 24.5 Å². The summed E-state index contributed by atoms with van der Waals surface area (Å²) in [6, 6.07) is 3.27. The number of hydrogen-bond donors (Lipinski definition) is 8. The fraction of sp³-hybridized carbons (Fsp3) is 0.429. The van der Waals surface area contributed by atoms with E-state index in [4.69, 9.17) is 4.74 Å². The standard InChI is InChI=1S/C42H58N16O8/c1-26(2)8-13-44-33(59)10-14-47-40(63)37-52-31(22-57(37)6)51-35(61)11-15-46-39(62)30-19-28(21-56(30)5)49-42(65)38-53-32(23-58(38)7)50-34(60)9-12-43-25-66-24-29-18-27(20-55(29)4)48-41(64)36-45-16-17-54(36)3/h16-23,26,43H,8-15,24-25H2,1-7H3,(H,44,59)(H,46,62)(H,47,63)(H,48,64)(H,49,65)(H,50,60)(H,51,61). The van der Waals surface area contributed by atoms with Gasteiger partial charge in [-0.1, -0.05) is 13.8 Å². The van der Waals surface area contributed by atoms with Crippen molar-refractivity contribution in [2.75, 3.05) is 54.2 Å². The van der Waals surface area contributed by atoms with Crippen LogP contribution < -0.4 is 42.5 Å². The Morgan fingerprint density at radius 1 is 0.576 bits per heavy atom. The fourth-order valence-corrected chi connectivity index (χ4v) is 6.36. The van der Waals surface area contributed by atoms with Crippen LogP contribution in [0.2, 0.25) is 0 Å². The molecule has 354 valence electrons. The Labute approximate surface area is 380 Å². The van der Waals surface area contributed by atoms with Crippen LogP contribution in [0.15, 0.2) is 49.3 Å². The van der Waals surface area contributed by atoms with Crippen molar-refractivity contribution in [2.45, 2.75) is 46.1 Å². The summed E-state index contributed by atoms with van der Waals surface area (Å²) in [4.78, 5) is 101. The minimum absolute atomic E-state index is 0.00956. The SMILES string of the molecule is CC(C)CCNC(=O)CCNC(=O)c1nc(NC(=O)CCNC(=O)c2cc(NC(=O)c3nc(NC(=O)CCNCOCc4cc(NC(=O)c5nccn5C)cn4C)cn3C)cn2C)cn1C. The minimum atomic E-state index is -0.582. The van der Waals surface area contributed by atoms with E-state index in [1.54, 1.807) is 63.6 Å². The first-order chi connectivity index (χ1) is 31.5. The van der Waals surface area contributed by atoms with E-state index < -0.39 is 23.6 Å². The molecule has 24 nitrogen and oxygen atoms in total. The molecule has 0 aliphatic rings. The average molecular weight is 915 g/mol. The number of nitrogens with one attached hydrogen (secondary N) is 8. The molecule has 5 rings (SSSR count). The molecule has 0 saturated heterocycles. The fourth-order valence-electron chi connectivity index (χ4n) is 6.36. The normalized spacial score (nSPS) is 11.0. The second-order valence-corrected chi connectivity index (χ2v) is 15.8. The molecule has 24 heteroatoms. The number of hydrogen-bond acceptors (Lipinski definition) is 12. The van der Waals surface area contributed by atoms with Crippen molar-refractivity contribution in [2.24, 2.45) is 41.2 Å². The smallest absolute Gasteiger partial charge is 0.291 e. The van der Waals surface area contributed by atoms with Crippen LogP contribution in [0.25, 0.3) is 0 Å². The Morgan fingerprint density at radius 3 is 1.76 bits per heavy atom. The molecule has 0 aliphatic heterocycles. The molecule has 0 radical (unpaired) electrons. The average Bonchev–Trinajstić information content (AvgIpc) is 4.08. The molecule has 8 N–H and O–H groups in total. The largest absolute Gasteiger partial charge is 0.360 e. The van der Waals surface area contributed by atoms with Crippen molar-refractivity contribution in [1.29, 1.82) is 0 Å². The zero-order chi connectivity index (χ0) is 47.9. The van der Waals surface area contributed by atoms with E-state index in [-0.39, 0.29) is 92.4 Å². The van der Waals surface area contributed by atoms with Crippen LogP contribution in [-0.4, -0.2) is 112 Å². The van der Waals surface area contributed by atoms with E-state index in [2.05, 4.69) is 71.3 Å². The molecule has 0 aromatic carbocycles. The predicted octanol–water partition coefficient (Wildman–Crippen LogP) is 1.20. The van der Waals surface area contributed by atoms with Crippen LogP contribution >= 0.6 is 0 Å². The van der Waals surface area contributed by atoms with Crippen LogP contribution in [0.3, 0.4) is 0 Å². The third-order valence-corrected chi connectivity index (χ3v) is 9.88. The maximum atomic E-state index is 13.2. The quantitative estimate of drug-likeness (QED) is 0.0320. The summed E-state index contributed by atoms with van der Waals surface area (Å²) in [5.41, 5.74) is 1.95. The second kappa shape index (κ2) is 23.4. The van der Waals surface area contributed by atoms with Gasteiger partial charge in [-0.15, -0.1) is 0 Å². The lowest BCUT2D eigenvalue weighted by molar-refractivity contribution is -0.121. The molecule has 7 amide bonds. The maximum absolute atomic E-state index is 13.2. The Kier molecular flexibility index (Phi) is 17.5. The van der Waals surface area contributed by atoms with Gasteiger partial charge >= 0.3 is 0 Å². The Balaban J connectivity index is 0.975. The highest BCUT2D eigenvalue weighted by Gasteiger charge is 2.20. The third-order valence-electron chi connectivity index (χ3n) is 9.88. The van der Waals surface area contributed by atoms with Crippen molar-refractivity contribution in [3.05, 3.63) is 78.2 Å². The van der Waals surface area contributed by atoms with Crippen LogP contribution in [-0.2, 0) is 61.0 Å². The third kappa shape index (κ3) is 14.5. The molecule has 0 aliphatic carbocycles. The number of aryl methyl sites for hydroxylation is 5. The second-order valence-electron chi connectivity index (χ2n) is 15.8. The number of rotatable bonds is 24. The molecule has 66 heavy (non-hydrogen) atoms. The summed E-state index contributed by atoms with van der Waals surface area (Å²) in [5, 5.41) is 22.0. The van der Waals surface area contributed by atoms with Crippen molar-refractivity contribution < 1.29 is 38.3 Å². The zero-order valence-corrected chi connectivity index (χ0v) is 38.1. The minimum Gasteiger partial charge on any atom is -0.360 e. The molecule has 5 aromatic rings. The molecular formula is C42H58N16O8. The lowest BCUT2D eigenvalue weighted by Gasteiger charge is -2.08. The topological polar surface area (TPSA) is 288 Å². The summed E-state index contributed by atoms with van der Waals surface area (Å²) in [5.74, 6) is -1.71. The van der Waals surface area contributed by atoms with Gasteiger partial charge in [-0.25, -0.2) is 15.0 Å². The summed E-state index contributed by atoms with van der Waals surface area (Å²) in [7, 11) is 8.40. The van der Waals surface area contributed by atoms with E-state index in [0.29, 0.717) is 36.2 Å². The highest BCUT2D eigenvalue weighted by Crippen LogP contribution is 2.17. The van der Waals surface area contributed by atoms with Gasteiger partial charge in [0.25, 0.3) is 23.6 Å². The van der Waals surface area contributed by atoms with Crippen LogP contribution in [0, 0.1) is 5.92 Å². The Morgan fingerprint density at radius 2 is 1.14 bits per heavy atom.